The van der Waals surface area contributed by atoms with E-state index in [0.29, 0.717) is 10.8 Å². The van der Waals surface area contributed by atoms with E-state index in [-0.39, 0.29) is 0 Å². The highest BCUT2D eigenvalue weighted by Crippen LogP contribution is 2.28. The molecule has 0 aromatic carbocycles. The number of rotatable bonds is 1. The van der Waals surface area contributed by atoms with Crippen LogP contribution in [0.15, 0.2) is 11.0 Å². The number of aliphatic hydroxyl groups excluding tert-OH is 2. The van der Waals surface area contributed by atoms with Crippen LogP contribution in [0.1, 0.15) is 17.2 Å². The Hall–Kier alpha value is -1.51. The molecular weight excluding hydrogens is 233 g/mol. The molecule has 1 unspecified atom stereocenters. The van der Waals surface area contributed by atoms with Gasteiger partial charge in [-0.25, -0.2) is 9.18 Å². The molecule has 1 aromatic rings. The number of anilines is 1. The van der Waals surface area contributed by atoms with Crippen LogP contribution in [0, 0.1) is 5.82 Å². The zero-order valence-electron chi connectivity index (χ0n) is 11.4. The minimum Gasteiger partial charge on any atom is -0.388 e. The van der Waals surface area contributed by atoms with Gasteiger partial charge in [0.05, 0.1) is 12.3 Å². The molecule has 1 saturated heterocycles. The first-order valence-corrected chi connectivity index (χ1v) is 4.68. The maximum atomic E-state index is 13.3. The smallest absolute Gasteiger partial charge is 0.351 e. The molecule has 0 bridgehead atoms. The lowest BCUT2D eigenvalue weighted by Crippen LogP contribution is -2.35. The summed E-state index contributed by atoms with van der Waals surface area (Å²) in [5.41, 5.74) is 4.07. The second-order valence-electron chi connectivity index (χ2n) is 3.59. The minimum absolute atomic E-state index is 0.547. The topological polar surface area (TPSA) is 111 Å². The summed E-state index contributed by atoms with van der Waals surface area (Å²) in [6.45, 7) is -2.71. The van der Waals surface area contributed by atoms with Gasteiger partial charge in [-0.1, -0.05) is 0 Å². The van der Waals surface area contributed by atoms with E-state index in [2.05, 4.69) is 4.98 Å². The first-order chi connectivity index (χ1) is 9.12. The van der Waals surface area contributed by atoms with E-state index in [0.717, 1.165) is 0 Å². The fraction of sp³-hybridized carbons (Fsp3) is 0.556. The van der Waals surface area contributed by atoms with Crippen LogP contribution in [-0.4, -0.2) is 38.1 Å². The molecule has 17 heavy (non-hydrogen) atoms. The van der Waals surface area contributed by atoms with Crippen molar-refractivity contribution in [1.29, 1.82) is 0 Å². The van der Waals surface area contributed by atoms with E-state index < -0.39 is 48.7 Å². The Balaban J connectivity index is 2.40. The van der Waals surface area contributed by atoms with E-state index in [9.17, 15) is 19.4 Å². The molecule has 2 rings (SSSR count). The van der Waals surface area contributed by atoms with E-state index in [1.807, 2.05) is 0 Å². The van der Waals surface area contributed by atoms with Crippen LogP contribution in [0.5, 0.6) is 0 Å². The van der Waals surface area contributed by atoms with Crippen molar-refractivity contribution in [2.75, 3.05) is 5.73 Å². The lowest BCUT2D eigenvalue weighted by atomic mass is 10.1. The van der Waals surface area contributed by atoms with Crippen molar-refractivity contribution >= 4 is 5.82 Å². The average Bonchev–Trinajstić information content (AvgIpc) is 2.61. The first-order valence-electron chi connectivity index (χ1n) is 6.18. The van der Waals surface area contributed by atoms with Crippen molar-refractivity contribution < 1.29 is 23.5 Å². The van der Waals surface area contributed by atoms with Crippen molar-refractivity contribution in [2.45, 2.75) is 31.4 Å². The van der Waals surface area contributed by atoms with Crippen LogP contribution in [-0.2, 0) is 4.74 Å². The Morgan fingerprint density at radius 1 is 1.65 bits per heavy atom. The number of nitrogens with two attached hydrogens (primary N) is 1. The lowest BCUT2D eigenvalue weighted by molar-refractivity contribution is -0.0355. The van der Waals surface area contributed by atoms with Crippen molar-refractivity contribution in [3.05, 3.63) is 22.5 Å². The van der Waals surface area contributed by atoms with Crippen LogP contribution in [0.25, 0.3) is 0 Å². The van der Waals surface area contributed by atoms with Crippen molar-refractivity contribution in [2.24, 2.45) is 0 Å². The van der Waals surface area contributed by atoms with E-state index in [1.165, 1.54) is 0 Å². The van der Waals surface area contributed by atoms with Crippen LogP contribution in [0.2, 0.25) is 0 Å². The molecule has 4 N–H and O–H groups in total. The molecule has 8 heteroatoms. The summed E-state index contributed by atoms with van der Waals surface area (Å²) >= 11 is 0. The monoisotopic (exact) mass is 248 g/mol. The number of aliphatic hydroxyl groups is 2. The fourth-order valence-corrected chi connectivity index (χ4v) is 1.53. The molecule has 1 aliphatic rings. The molecule has 94 valence electrons. The maximum absolute atomic E-state index is 13.3. The Bertz CT molecular complexity index is 579. The lowest BCUT2D eigenvalue weighted by Gasteiger charge is -2.17. The summed E-state index contributed by atoms with van der Waals surface area (Å²) in [5.74, 6) is -1.67. The van der Waals surface area contributed by atoms with Crippen LogP contribution < -0.4 is 11.4 Å². The van der Waals surface area contributed by atoms with Crippen LogP contribution in [0.4, 0.5) is 10.2 Å². The summed E-state index contributed by atoms with van der Waals surface area (Å²) in [6.07, 6.45) is -6.10. The molecule has 0 radical (unpaired) electrons. The van der Waals surface area contributed by atoms with E-state index in [4.69, 9.17) is 14.6 Å². The van der Waals surface area contributed by atoms with Gasteiger partial charge in [-0.3, -0.25) is 4.57 Å². The number of hydrogen-bond acceptors (Lipinski definition) is 6. The second kappa shape index (κ2) is 4.06. The van der Waals surface area contributed by atoms with Gasteiger partial charge in [0.15, 0.2) is 17.9 Å². The number of nitrogen functional groups attached to an aromatic ring is 1. The predicted molar refractivity (Wildman–Crippen MR) is 54.5 cm³/mol. The number of aromatic nitrogens is 2. The van der Waals surface area contributed by atoms with E-state index in [1.54, 1.807) is 0 Å². The second-order valence-corrected chi connectivity index (χ2v) is 3.59. The fourth-order valence-electron chi connectivity index (χ4n) is 1.53. The third kappa shape index (κ3) is 1.90. The highest BCUT2D eigenvalue weighted by molar-refractivity contribution is 5.26. The van der Waals surface area contributed by atoms with Gasteiger partial charge < -0.3 is 20.7 Å². The molecule has 0 aliphatic carbocycles. The average molecular weight is 248 g/mol. The highest BCUT2D eigenvalue weighted by Gasteiger charge is 2.41. The van der Waals surface area contributed by atoms with Crippen LogP contribution in [0.3, 0.4) is 0 Å². The van der Waals surface area contributed by atoms with Gasteiger partial charge in [-0.2, -0.15) is 4.98 Å². The van der Waals surface area contributed by atoms with Gasteiger partial charge in [0.2, 0.25) is 0 Å². The van der Waals surface area contributed by atoms with Gasteiger partial charge >= 0.3 is 5.69 Å². The van der Waals surface area contributed by atoms with Gasteiger partial charge in [0.25, 0.3) is 0 Å². The summed E-state index contributed by atoms with van der Waals surface area (Å²) in [7, 11) is 0. The molecule has 2 heterocycles. The molecule has 1 fully saturated rings. The number of ether oxygens (including phenoxy) is 1. The maximum Gasteiger partial charge on any atom is 0.351 e. The molecule has 4 atom stereocenters. The molecule has 1 aromatic heterocycles. The van der Waals surface area contributed by atoms with Gasteiger partial charge in [0, 0.05) is 4.11 Å². The van der Waals surface area contributed by atoms with E-state index >= 15 is 0 Å². The first kappa shape index (κ1) is 8.56. The van der Waals surface area contributed by atoms with Crippen molar-refractivity contribution in [3.8, 4) is 0 Å². The van der Waals surface area contributed by atoms with Crippen molar-refractivity contribution in [1.82, 2.24) is 9.55 Å². The van der Waals surface area contributed by atoms with Crippen molar-refractivity contribution in [3.63, 3.8) is 0 Å². The normalized spacial score (nSPS) is 36.3. The van der Waals surface area contributed by atoms with Gasteiger partial charge in [-0.05, 0) is 6.85 Å². The third-order valence-corrected chi connectivity index (χ3v) is 2.45. The third-order valence-electron chi connectivity index (χ3n) is 2.45. The largest absolute Gasteiger partial charge is 0.388 e. The summed E-state index contributed by atoms with van der Waals surface area (Å²) in [4.78, 5) is 14.7. The number of hydrogen-bond donors (Lipinski definition) is 3. The molecule has 7 nitrogen and oxygen atoms in total. The van der Waals surface area contributed by atoms with Gasteiger partial charge in [0.1, 0.15) is 12.2 Å². The Morgan fingerprint density at radius 2 is 2.35 bits per heavy atom. The standard InChI is InChI=1S/C9H12FN3O4/c1-3-5(14)6(15)8(17-3)13-2-4(10)7(11)12-9(13)16/h2-3,5-6,8,14-15H,1H3,(H2,11,12,16)/t3-,5?,6+,8-/m1/s1/i1D3. The number of nitrogens with zero attached hydrogens (tertiary/aromatic N) is 2. The Kier molecular flexibility index (Phi) is 2.04. The Morgan fingerprint density at radius 3 is 2.94 bits per heavy atom. The van der Waals surface area contributed by atoms with Gasteiger partial charge in [-0.15, -0.1) is 0 Å². The summed E-state index contributed by atoms with van der Waals surface area (Å²) in [6, 6.07) is 0. The molecule has 0 spiro atoms. The zero-order valence-corrected chi connectivity index (χ0v) is 8.45. The molecular formula is C9H12FN3O4. The Labute approximate surface area is 99.5 Å². The minimum atomic E-state index is -2.71. The zero-order chi connectivity index (χ0) is 15.2. The SMILES string of the molecule is [2H]C([2H])([2H])[C@H]1O[C@@H](n2cc(F)c(N)nc2=O)[C@@H](O)C1O. The summed E-state index contributed by atoms with van der Waals surface area (Å²) < 4.78 is 40.3. The number of halogens is 1. The quantitative estimate of drug-likeness (QED) is 0.564. The molecule has 1 aliphatic heterocycles. The highest BCUT2D eigenvalue weighted by atomic mass is 19.1. The predicted octanol–water partition coefficient (Wildman–Crippen LogP) is -1.40. The molecule has 0 amide bonds. The molecule has 0 saturated carbocycles. The van der Waals surface area contributed by atoms with Crippen LogP contribution >= 0.6 is 0 Å². The summed E-state index contributed by atoms with van der Waals surface area (Å²) in [5, 5.41) is 19.4.